The van der Waals surface area contributed by atoms with Gasteiger partial charge >= 0.3 is 0 Å². The van der Waals surface area contributed by atoms with Gasteiger partial charge in [0.1, 0.15) is 5.82 Å². The van der Waals surface area contributed by atoms with Gasteiger partial charge in [-0.15, -0.1) is 0 Å². The van der Waals surface area contributed by atoms with E-state index in [0.29, 0.717) is 38.5 Å². The number of nitrogens with one attached hydrogen (secondary N) is 2. The fraction of sp³-hybridized carbons (Fsp3) is 0.615. The number of nitrogens with zero attached hydrogens (tertiary/aromatic N) is 1. The minimum atomic E-state index is -3.48. The summed E-state index contributed by atoms with van der Waals surface area (Å²) in [5.41, 5.74) is 0. The summed E-state index contributed by atoms with van der Waals surface area (Å²) >= 11 is 0. The molecular weight excluding hydrogens is 278 g/mol. The standard InChI is InChI=1S/C13H23N3O3S/c1-3-9-19-10-5-7-16-20(17,18)12-6-8-15-13(11-12)14-4-2/h6,8,11,16H,3-5,7,9-10H2,1-2H3,(H,14,15). The Morgan fingerprint density at radius 1 is 1.30 bits per heavy atom. The maximum atomic E-state index is 12.1. The number of hydrogen-bond donors (Lipinski definition) is 2. The van der Waals surface area contributed by atoms with Crippen LogP contribution in [0.4, 0.5) is 5.82 Å². The summed E-state index contributed by atoms with van der Waals surface area (Å²) in [6, 6.07) is 3.01. The van der Waals surface area contributed by atoms with E-state index in [1.807, 2.05) is 13.8 Å². The third-order valence-electron chi connectivity index (χ3n) is 2.51. The van der Waals surface area contributed by atoms with Crippen molar-refractivity contribution in [2.75, 3.05) is 31.6 Å². The molecule has 0 saturated heterocycles. The Labute approximate surface area is 121 Å². The van der Waals surface area contributed by atoms with Crippen molar-refractivity contribution in [2.45, 2.75) is 31.6 Å². The molecule has 0 amide bonds. The predicted molar refractivity (Wildman–Crippen MR) is 79.3 cm³/mol. The topological polar surface area (TPSA) is 80.3 Å². The summed E-state index contributed by atoms with van der Waals surface area (Å²) in [6.07, 6.45) is 3.11. The third kappa shape index (κ3) is 5.85. The number of anilines is 1. The summed E-state index contributed by atoms with van der Waals surface area (Å²) in [6.45, 7) is 6.30. The van der Waals surface area contributed by atoms with Crippen LogP contribution in [0.3, 0.4) is 0 Å². The summed E-state index contributed by atoms with van der Waals surface area (Å²) in [4.78, 5) is 4.27. The van der Waals surface area contributed by atoms with Crippen LogP contribution >= 0.6 is 0 Å². The Bertz CT molecular complexity index is 491. The first-order valence-electron chi connectivity index (χ1n) is 6.87. The fourth-order valence-electron chi connectivity index (χ4n) is 1.57. The minimum absolute atomic E-state index is 0.220. The van der Waals surface area contributed by atoms with Crippen LogP contribution in [0.1, 0.15) is 26.7 Å². The molecule has 2 N–H and O–H groups in total. The first-order chi connectivity index (χ1) is 9.60. The van der Waals surface area contributed by atoms with Crippen LogP contribution in [0.2, 0.25) is 0 Å². The molecule has 0 aromatic carbocycles. The molecule has 1 aromatic rings. The highest BCUT2D eigenvalue weighted by Gasteiger charge is 2.13. The molecule has 0 unspecified atom stereocenters. The second-order valence-electron chi connectivity index (χ2n) is 4.27. The quantitative estimate of drug-likeness (QED) is 0.642. The molecule has 6 nitrogen and oxygen atoms in total. The van der Waals surface area contributed by atoms with Crippen molar-refractivity contribution in [3.63, 3.8) is 0 Å². The largest absolute Gasteiger partial charge is 0.381 e. The van der Waals surface area contributed by atoms with Crippen LogP contribution in [0.15, 0.2) is 23.2 Å². The Kier molecular flexibility index (Phi) is 7.50. The van der Waals surface area contributed by atoms with Gasteiger partial charge in [-0.1, -0.05) is 6.92 Å². The number of aromatic nitrogens is 1. The second kappa shape index (κ2) is 8.89. The van der Waals surface area contributed by atoms with Gasteiger partial charge in [0.25, 0.3) is 0 Å². The molecular formula is C13H23N3O3S. The molecule has 0 radical (unpaired) electrons. The highest BCUT2D eigenvalue weighted by Crippen LogP contribution is 2.12. The third-order valence-corrected chi connectivity index (χ3v) is 3.96. The molecule has 0 spiro atoms. The van der Waals surface area contributed by atoms with E-state index in [1.165, 1.54) is 18.3 Å². The maximum absolute atomic E-state index is 12.1. The summed E-state index contributed by atoms with van der Waals surface area (Å²) in [5.74, 6) is 0.557. The van der Waals surface area contributed by atoms with Crippen molar-refractivity contribution in [3.8, 4) is 0 Å². The zero-order valence-corrected chi connectivity index (χ0v) is 12.9. The zero-order valence-electron chi connectivity index (χ0n) is 12.1. The lowest BCUT2D eigenvalue weighted by Gasteiger charge is -2.08. The Morgan fingerprint density at radius 2 is 2.10 bits per heavy atom. The Balaban J connectivity index is 2.49. The molecule has 1 heterocycles. The van der Waals surface area contributed by atoms with Crippen molar-refractivity contribution >= 4 is 15.8 Å². The van der Waals surface area contributed by atoms with Crippen LogP contribution in [0.25, 0.3) is 0 Å². The Morgan fingerprint density at radius 3 is 2.80 bits per heavy atom. The predicted octanol–water partition coefficient (Wildman–Crippen LogP) is 1.61. The van der Waals surface area contributed by atoms with E-state index in [4.69, 9.17) is 4.74 Å². The molecule has 7 heteroatoms. The number of hydrogen-bond acceptors (Lipinski definition) is 5. The molecule has 1 aromatic heterocycles. The second-order valence-corrected chi connectivity index (χ2v) is 6.04. The van der Waals surface area contributed by atoms with Gasteiger partial charge in [0.2, 0.25) is 10.0 Å². The van der Waals surface area contributed by atoms with Gasteiger partial charge in [0.05, 0.1) is 4.90 Å². The van der Waals surface area contributed by atoms with E-state index in [9.17, 15) is 8.42 Å². The molecule has 0 aliphatic heterocycles. The highest BCUT2D eigenvalue weighted by molar-refractivity contribution is 7.89. The zero-order chi connectivity index (χ0) is 14.8. The molecule has 0 saturated carbocycles. The van der Waals surface area contributed by atoms with E-state index < -0.39 is 10.0 Å². The van der Waals surface area contributed by atoms with Crippen LogP contribution in [-0.4, -0.2) is 39.7 Å². The number of ether oxygens (including phenoxy) is 1. The van der Waals surface area contributed by atoms with E-state index in [1.54, 1.807) is 0 Å². The maximum Gasteiger partial charge on any atom is 0.240 e. The van der Waals surface area contributed by atoms with Crippen LogP contribution in [0.5, 0.6) is 0 Å². The minimum Gasteiger partial charge on any atom is -0.381 e. The first-order valence-corrected chi connectivity index (χ1v) is 8.35. The number of pyridine rings is 1. The smallest absolute Gasteiger partial charge is 0.240 e. The van der Waals surface area contributed by atoms with E-state index in [2.05, 4.69) is 15.0 Å². The molecule has 114 valence electrons. The van der Waals surface area contributed by atoms with Gasteiger partial charge < -0.3 is 10.1 Å². The lowest BCUT2D eigenvalue weighted by atomic mass is 10.4. The van der Waals surface area contributed by atoms with Crippen molar-refractivity contribution < 1.29 is 13.2 Å². The van der Waals surface area contributed by atoms with Gasteiger partial charge in [-0.2, -0.15) is 0 Å². The van der Waals surface area contributed by atoms with Gasteiger partial charge in [-0.05, 0) is 25.8 Å². The van der Waals surface area contributed by atoms with Crippen molar-refractivity contribution in [1.29, 1.82) is 0 Å². The summed E-state index contributed by atoms with van der Waals surface area (Å²) in [5, 5.41) is 2.99. The van der Waals surface area contributed by atoms with Gasteiger partial charge in [-0.25, -0.2) is 18.1 Å². The monoisotopic (exact) mass is 301 g/mol. The molecule has 0 aliphatic carbocycles. The van der Waals surface area contributed by atoms with E-state index >= 15 is 0 Å². The van der Waals surface area contributed by atoms with E-state index in [-0.39, 0.29) is 4.90 Å². The molecule has 0 fully saturated rings. The molecule has 0 aliphatic rings. The molecule has 0 atom stereocenters. The van der Waals surface area contributed by atoms with Gasteiger partial charge in [0.15, 0.2) is 0 Å². The summed E-state index contributed by atoms with van der Waals surface area (Å²) in [7, 11) is -3.48. The average molecular weight is 301 g/mol. The SMILES string of the molecule is CCCOCCCNS(=O)(=O)c1ccnc(NCC)c1. The lowest BCUT2D eigenvalue weighted by molar-refractivity contribution is 0.133. The van der Waals surface area contributed by atoms with Gasteiger partial charge in [0, 0.05) is 38.6 Å². The Hall–Kier alpha value is -1.18. The van der Waals surface area contributed by atoms with E-state index in [0.717, 1.165) is 6.42 Å². The average Bonchev–Trinajstić information content (AvgIpc) is 2.43. The number of rotatable bonds is 10. The van der Waals surface area contributed by atoms with Gasteiger partial charge in [-0.3, -0.25) is 0 Å². The van der Waals surface area contributed by atoms with Crippen molar-refractivity contribution in [3.05, 3.63) is 18.3 Å². The highest BCUT2D eigenvalue weighted by atomic mass is 32.2. The van der Waals surface area contributed by atoms with Crippen LogP contribution in [-0.2, 0) is 14.8 Å². The fourth-order valence-corrected chi connectivity index (χ4v) is 2.65. The lowest BCUT2D eigenvalue weighted by Crippen LogP contribution is -2.25. The first kappa shape index (κ1) is 16.9. The molecule has 20 heavy (non-hydrogen) atoms. The molecule has 1 rings (SSSR count). The van der Waals surface area contributed by atoms with Crippen molar-refractivity contribution in [1.82, 2.24) is 9.71 Å². The normalized spacial score (nSPS) is 11.5. The number of sulfonamides is 1. The van der Waals surface area contributed by atoms with Crippen molar-refractivity contribution in [2.24, 2.45) is 0 Å². The molecule has 0 bridgehead atoms. The van der Waals surface area contributed by atoms with Crippen LogP contribution in [0, 0.1) is 0 Å². The van der Waals surface area contributed by atoms with Crippen LogP contribution < -0.4 is 10.0 Å². The summed E-state index contributed by atoms with van der Waals surface area (Å²) < 4.78 is 32.0.